The van der Waals surface area contributed by atoms with Gasteiger partial charge in [0.05, 0.1) is 11.9 Å². The number of hydrogen-bond donors (Lipinski definition) is 2. The van der Waals surface area contributed by atoms with Crippen LogP contribution in [0, 0.1) is 11.8 Å². The largest absolute Gasteiger partial charge is 2.00 e. The molecule has 0 aromatic heterocycles. The Bertz CT molecular complexity index is 938. The van der Waals surface area contributed by atoms with Gasteiger partial charge in [0.2, 0.25) is 0 Å². The van der Waals surface area contributed by atoms with Gasteiger partial charge in [-0.05, 0) is 12.8 Å². The molecule has 0 radical (unpaired) electrons. The Hall–Kier alpha value is -1.39. The van der Waals surface area contributed by atoms with Crippen LogP contribution >= 0.6 is 0 Å². The Morgan fingerprint density at radius 1 is 0.415 bits per heavy atom. The van der Waals surface area contributed by atoms with E-state index in [0.717, 1.165) is 51.4 Å². The molecule has 0 saturated carbocycles. The third kappa shape index (κ3) is 28.6. The molecule has 0 amide bonds. The van der Waals surface area contributed by atoms with Crippen LogP contribution in [0.15, 0.2) is 0 Å². The second kappa shape index (κ2) is 36.3. The van der Waals surface area contributed by atoms with E-state index < -0.39 is 71.7 Å². The zero-order valence-corrected chi connectivity index (χ0v) is 40.9. The SMILES string of the molecule is CCCCCCCCCCCCC(C(=O)[O-])C(O)(CC(=O)[O-])C(=O)[O-].CCCCCCCCCCCCC(C(=O)[O-])C(O)(CC(=O)[O-])C(=O)[O-].[Zn+2].[Zn+2].[Zn+2]. The molecule has 4 unspecified atom stereocenters. The molecule has 0 rings (SSSR count). The molecule has 292 valence electrons. The smallest absolute Gasteiger partial charge is 0.550 e. The summed E-state index contributed by atoms with van der Waals surface area (Å²) in [6.45, 7) is 4.32. The molecule has 0 bridgehead atoms. The molecule has 0 aromatic carbocycles. The third-order valence-corrected chi connectivity index (χ3v) is 8.95. The average Bonchev–Trinajstić information content (AvgIpc) is 3.01. The van der Waals surface area contributed by atoms with Gasteiger partial charge in [-0.3, -0.25) is 0 Å². The number of aliphatic hydroxyl groups is 2. The van der Waals surface area contributed by atoms with Gasteiger partial charge >= 0.3 is 58.4 Å². The maximum atomic E-state index is 11.1. The molecule has 0 heterocycles. The molecule has 4 atom stereocenters. The van der Waals surface area contributed by atoms with Crippen LogP contribution in [0.2, 0.25) is 0 Å². The van der Waals surface area contributed by atoms with Gasteiger partial charge < -0.3 is 69.6 Å². The van der Waals surface area contributed by atoms with Gasteiger partial charge in [0.1, 0.15) is 11.2 Å². The van der Waals surface area contributed by atoms with Gasteiger partial charge in [-0.2, -0.15) is 0 Å². The monoisotopic (exact) mass is 906 g/mol. The maximum absolute atomic E-state index is 11.1. The van der Waals surface area contributed by atoms with Gasteiger partial charge in [0.15, 0.2) is 0 Å². The summed E-state index contributed by atoms with van der Waals surface area (Å²) in [5.74, 6) is -15.3. The average molecular weight is 911 g/mol. The van der Waals surface area contributed by atoms with E-state index in [-0.39, 0.29) is 71.3 Å². The fourth-order valence-corrected chi connectivity index (χ4v) is 5.89. The standard InChI is InChI=1S/2C18H32O7.3Zn/c2*1-2-3-4-5-6-7-8-9-10-11-12-14(16(21)22)18(25,17(23)24)13-15(19)20;;;/h2*14,25H,2-13H2,1H3,(H,19,20)(H,21,22)(H,23,24);;;/q;;3*+2/p-6. The minimum Gasteiger partial charge on any atom is -0.550 e. The number of aliphatic carboxylic acids is 6. The summed E-state index contributed by atoms with van der Waals surface area (Å²) in [5.41, 5.74) is -6.03. The summed E-state index contributed by atoms with van der Waals surface area (Å²) in [5, 5.41) is 85.5. The summed E-state index contributed by atoms with van der Waals surface area (Å²) in [6.07, 6.45) is 17.1. The normalized spacial score (nSPS) is 13.8. The van der Waals surface area contributed by atoms with E-state index in [1.807, 2.05) is 0 Å². The molecule has 14 nitrogen and oxygen atoms in total. The number of carboxylic acid groups (broad SMARTS) is 6. The molecule has 0 aliphatic rings. The number of hydrogen-bond acceptors (Lipinski definition) is 14. The molecule has 53 heavy (non-hydrogen) atoms. The molecule has 2 N–H and O–H groups in total. The van der Waals surface area contributed by atoms with Crippen molar-refractivity contribution in [1.82, 2.24) is 0 Å². The van der Waals surface area contributed by atoms with Crippen LogP contribution in [0.3, 0.4) is 0 Å². The van der Waals surface area contributed by atoms with Crippen molar-refractivity contribution in [2.75, 3.05) is 0 Å². The van der Waals surface area contributed by atoms with E-state index in [9.17, 15) is 69.6 Å². The predicted molar refractivity (Wildman–Crippen MR) is 169 cm³/mol. The fraction of sp³-hybridized carbons (Fsp3) is 0.833. The van der Waals surface area contributed by atoms with Crippen LogP contribution in [0.25, 0.3) is 0 Å². The number of carbonyl (C=O) groups is 6. The van der Waals surface area contributed by atoms with E-state index in [4.69, 9.17) is 0 Å². The van der Waals surface area contributed by atoms with E-state index in [2.05, 4.69) is 13.8 Å². The quantitative estimate of drug-likeness (QED) is 0.0578. The number of unbranched alkanes of at least 4 members (excludes halogenated alkanes) is 18. The van der Waals surface area contributed by atoms with Crippen LogP contribution in [0.5, 0.6) is 0 Å². The molecule has 0 aliphatic carbocycles. The van der Waals surface area contributed by atoms with Crippen molar-refractivity contribution in [3.63, 3.8) is 0 Å². The zero-order chi connectivity index (χ0) is 38.6. The first-order valence-electron chi connectivity index (χ1n) is 18.2. The summed E-state index contributed by atoms with van der Waals surface area (Å²) in [7, 11) is 0. The topological polar surface area (TPSA) is 281 Å². The first-order valence-corrected chi connectivity index (χ1v) is 18.2. The Morgan fingerprint density at radius 3 is 0.792 bits per heavy atom. The molecular weight excluding hydrogens is 853 g/mol. The van der Waals surface area contributed by atoms with E-state index >= 15 is 0 Å². The van der Waals surface area contributed by atoms with Gasteiger partial charge in [-0.15, -0.1) is 0 Å². The van der Waals surface area contributed by atoms with Crippen LogP contribution in [0.1, 0.15) is 168 Å². The maximum Gasteiger partial charge on any atom is 2.00 e. The Balaban J connectivity index is -0.000000274. The summed E-state index contributed by atoms with van der Waals surface area (Å²) < 4.78 is 0. The minimum absolute atomic E-state index is 0. The van der Waals surface area contributed by atoms with Crippen LogP contribution in [0.4, 0.5) is 0 Å². The van der Waals surface area contributed by atoms with E-state index in [1.165, 1.54) is 51.4 Å². The van der Waals surface area contributed by atoms with Gasteiger partial charge in [-0.1, -0.05) is 142 Å². The number of carboxylic acids is 6. The first-order chi connectivity index (χ1) is 23.5. The number of rotatable bonds is 32. The van der Waals surface area contributed by atoms with Crippen LogP contribution < -0.4 is 30.6 Å². The molecule has 0 aliphatic heterocycles. The van der Waals surface area contributed by atoms with Crippen molar-refractivity contribution < 1.29 is 128 Å². The van der Waals surface area contributed by atoms with Crippen molar-refractivity contribution in [3.05, 3.63) is 0 Å². The van der Waals surface area contributed by atoms with Crippen molar-refractivity contribution in [3.8, 4) is 0 Å². The van der Waals surface area contributed by atoms with Crippen molar-refractivity contribution >= 4 is 35.8 Å². The van der Waals surface area contributed by atoms with E-state index in [1.54, 1.807) is 0 Å². The molecule has 0 saturated heterocycles. The van der Waals surface area contributed by atoms with Crippen LogP contribution in [-0.4, -0.2) is 57.2 Å². The van der Waals surface area contributed by atoms with Crippen molar-refractivity contribution in [2.24, 2.45) is 11.8 Å². The summed E-state index contributed by atoms with van der Waals surface area (Å²) in [4.78, 5) is 65.6. The summed E-state index contributed by atoms with van der Waals surface area (Å²) >= 11 is 0. The predicted octanol–water partition coefficient (Wildman–Crippen LogP) is -1.44. The summed E-state index contributed by atoms with van der Waals surface area (Å²) in [6, 6.07) is 0. The van der Waals surface area contributed by atoms with Gasteiger partial charge in [0, 0.05) is 48.6 Å². The fourth-order valence-electron chi connectivity index (χ4n) is 5.89. The molecule has 0 aromatic rings. The van der Waals surface area contributed by atoms with E-state index in [0.29, 0.717) is 25.7 Å². The molecule has 0 fully saturated rings. The van der Waals surface area contributed by atoms with Gasteiger partial charge in [0.25, 0.3) is 0 Å². The molecular formula is C36H58O14Zn3. The van der Waals surface area contributed by atoms with Crippen molar-refractivity contribution in [1.29, 1.82) is 0 Å². The van der Waals surface area contributed by atoms with Crippen molar-refractivity contribution in [2.45, 2.75) is 179 Å². The second-order valence-electron chi connectivity index (χ2n) is 13.2. The minimum atomic E-state index is -3.02. The third-order valence-electron chi connectivity index (χ3n) is 8.95. The zero-order valence-electron chi connectivity index (χ0n) is 32.0. The van der Waals surface area contributed by atoms with Crippen LogP contribution in [-0.2, 0) is 87.2 Å². The Morgan fingerprint density at radius 2 is 0.623 bits per heavy atom. The Labute approximate surface area is 352 Å². The first kappa shape index (κ1) is 60.8. The number of carbonyl (C=O) groups excluding carboxylic acids is 6. The molecule has 0 spiro atoms. The second-order valence-corrected chi connectivity index (χ2v) is 13.2. The van der Waals surface area contributed by atoms with Gasteiger partial charge in [-0.25, -0.2) is 0 Å². The molecule has 17 heteroatoms. The Kier molecular flexibility index (Phi) is 41.6.